The van der Waals surface area contributed by atoms with Crippen LogP contribution in [0.15, 0.2) is 195 Å². The van der Waals surface area contributed by atoms with Crippen LogP contribution in [0.2, 0.25) is 10.0 Å². The lowest BCUT2D eigenvalue weighted by Crippen LogP contribution is -2.56. The molecule has 4 atom stereocenters. The number of pyridine rings is 1. The van der Waals surface area contributed by atoms with Gasteiger partial charge in [-0.2, -0.15) is 0 Å². The monoisotopic (exact) mass is 1600 g/mol. The van der Waals surface area contributed by atoms with Gasteiger partial charge in [0, 0.05) is 158 Å². The second-order valence-electron chi connectivity index (χ2n) is 24.9. The normalized spacial score (nSPS) is 16.3. The van der Waals surface area contributed by atoms with E-state index < -0.39 is 42.2 Å². The fourth-order valence-electron chi connectivity index (χ4n) is 12.6. The summed E-state index contributed by atoms with van der Waals surface area (Å²) in [6.07, 6.45) is 9.17. The Hall–Kier alpha value is -9.61. The molecule has 3 aliphatic heterocycles. The van der Waals surface area contributed by atoms with E-state index in [1.165, 1.54) is 52.5 Å². The van der Waals surface area contributed by atoms with Crippen molar-refractivity contribution in [1.82, 2.24) is 43.8 Å². The number of anilines is 6. The van der Waals surface area contributed by atoms with E-state index >= 15 is 0 Å². The summed E-state index contributed by atoms with van der Waals surface area (Å²) in [7, 11) is -9.50. The molecule has 3 fully saturated rings. The van der Waals surface area contributed by atoms with Gasteiger partial charge in [0.1, 0.15) is 40.6 Å². The first-order valence-corrected chi connectivity index (χ1v) is 41.2. The van der Waals surface area contributed by atoms with Crippen LogP contribution in [-0.4, -0.2) is 177 Å². The van der Waals surface area contributed by atoms with E-state index in [1.807, 2.05) is 64.1 Å². The van der Waals surface area contributed by atoms with E-state index in [2.05, 4.69) is 48.8 Å². The summed E-state index contributed by atoms with van der Waals surface area (Å²) in [6.45, 7) is 13.7. The number of sulfonamides is 3. The summed E-state index contributed by atoms with van der Waals surface area (Å²) in [6, 6.07) is 35.1. The van der Waals surface area contributed by atoms with Crippen LogP contribution in [0.5, 0.6) is 11.5 Å². The molecule has 14 rings (SSSR count). The van der Waals surface area contributed by atoms with Gasteiger partial charge in [-0.05, 0) is 143 Å². The zero-order chi connectivity index (χ0) is 75.0. The van der Waals surface area contributed by atoms with Crippen LogP contribution in [0.1, 0.15) is 39.4 Å². The van der Waals surface area contributed by atoms with E-state index in [0.29, 0.717) is 108 Å². The third-order valence-electron chi connectivity index (χ3n) is 18.1. The second-order valence-corrected chi connectivity index (χ2v) is 33.5. The SMILES string of the molecule is CC(Oc1cccc(Cl)c1Cl)C(=O)N1CCN(c2ccc(S(=O)(=O)Nc3nccs3)cc2)C[C@H]1C.COc1cnc2c(ccn2CC(=O)N2CCN(c3ccc(S(=O)(=O)Nc4nccs4)cc3)CC2C)c1.C[C@@H](C(=O)N1CCN(c2ccc(S(=O)(=O)Nc3nccs3)cc2)CC1)n1ccc2c(F)cccc21.[HH].[HH].[HH].[HH]. The second kappa shape index (κ2) is 33.0. The lowest BCUT2D eigenvalue weighted by atomic mass is 10.1. The van der Waals surface area contributed by atoms with E-state index in [1.54, 1.807) is 157 Å². The van der Waals surface area contributed by atoms with Crippen LogP contribution in [0.4, 0.5) is 36.8 Å². The molecule has 3 saturated heterocycles. The number of aromatic nitrogens is 6. The third kappa shape index (κ3) is 17.7. The van der Waals surface area contributed by atoms with Gasteiger partial charge in [0.2, 0.25) is 11.8 Å². The molecule has 3 N–H and O–H groups in total. The van der Waals surface area contributed by atoms with Crippen LogP contribution in [0, 0.1) is 5.82 Å². The summed E-state index contributed by atoms with van der Waals surface area (Å²) >= 11 is 15.9. The zero-order valence-corrected chi connectivity index (χ0v) is 64.3. The third-order valence-corrected chi connectivity index (χ3v) is 25.4. The molecule has 0 bridgehead atoms. The van der Waals surface area contributed by atoms with Crippen molar-refractivity contribution in [3.05, 3.63) is 197 Å². The smallest absolute Gasteiger partial charge is 0.263 e. The molecule has 2 unspecified atom stereocenters. The number of halogens is 3. The van der Waals surface area contributed by atoms with Gasteiger partial charge in [-0.3, -0.25) is 28.5 Å². The number of nitrogens with one attached hydrogen (secondary N) is 3. The van der Waals surface area contributed by atoms with Crippen molar-refractivity contribution in [2.24, 2.45) is 0 Å². The molecule has 11 aromatic rings. The van der Waals surface area contributed by atoms with Crippen LogP contribution in [0.25, 0.3) is 21.9 Å². The number of amides is 3. The number of hydrogen-bond acceptors (Lipinski definition) is 21. The molecule has 0 spiro atoms. The van der Waals surface area contributed by atoms with Gasteiger partial charge in [-0.1, -0.05) is 35.3 Å². The number of rotatable bonds is 20. The van der Waals surface area contributed by atoms with Gasteiger partial charge in [0.15, 0.2) is 21.5 Å². The first kappa shape index (κ1) is 76.1. The molecule has 26 nitrogen and oxygen atoms in total. The molecular formula is C71H82Cl2FN15O11S6. The molecule has 9 heterocycles. The molecular weight excluding hydrogens is 1520 g/mol. The van der Waals surface area contributed by atoms with Crippen molar-refractivity contribution < 1.29 is 59.2 Å². The van der Waals surface area contributed by atoms with Crippen molar-refractivity contribution in [2.75, 3.05) is 101 Å². The number of nitrogens with zero attached hydrogens (tertiary/aromatic N) is 12. The Balaban J connectivity index is 0.000000204. The molecule has 106 heavy (non-hydrogen) atoms. The highest BCUT2D eigenvalue weighted by molar-refractivity contribution is 7.93. The predicted molar refractivity (Wildman–Crippen MR) is 422 cm³/mol. The predicted octanol–water partition coefficient (Wildman–Crippen LogP) is 12.7. The van der Waals surface area contributed by atoms with E-state index in [0.717, 1.165) is 28.1 Å². The number of piperazine rings is 3. The first-order valence-electron chi connectivity index (χ1n) is 33.4. The lowest BCUT2D eigenvalue weighted by molar-refractivity contribution is -0.140. The van der Waals surface area contributed by atoms with Crippen LogP contribution in [-0.2, 0) is 51.0 Å². The number of fused-ring (bicyclic) bond motifs is 2. The van der Waals surface area contributed by atoms with E-state index in [-0.39, 0.29) is 67.6 Å². The van der Waals surface area contributed by atoms with Crippen molar-refractivity contribution >= 4 is 159 Å². The highest BCUT2D eigenvalue weighted by atomic mass is 35.5. The summed E-state index contributed by atoms with van der Waals surface area (Å²) in [5, 5.41) is 8.15. The number of carbonyl (C=O) groups is 3. The maximum Gasteiger partial charge on any atom is 0.263 e. The van der Waals surface area contributed by atoms with Gasteiger partial charge < -0.3 is 48.0 Å². The molecule has 3 amide bonds. The topological polar surface area (TPSA) is 289 Å². The molecule has 0 aliphatic carbocycles. The minimum Gasteiger partial charge on any atom is -0.495 e. The number of methoxy groups -OCH3 is 1. The molecule has 0 saturated carbocycles. The highest BCUT2D eigenvalue weighted by Crippen LogP contribution is 2.34. The number of carbonyl (C=O) groups excluding carboxylic acids is 3. The first-order chi connectivity index (χ1) is 50.8. The van der Waals surface area contributed by atoms with Crippen molar-refractivity contribution in [1.29, 1.82) is 0 Å². The van der Waals surface area contributed by atoms with Crippen LogP contribution < -0.4 is 38.3 Å². The fourth-order valence-corrected chi connectivity index (χ4v) is 18.3. The minimum absolute atomic E-state index is 0. The molecule has 6 aromatic heterocycles. The summed E-state index contributed by atoms with van der Waals surface area (Å²) in [5.74, 6) is 0.631. The van der Waals surface area contributed by atoms with Gasteiger partial charge >= 0.3 is 0 Å². The van der Waals surface area contributed by atoms with Crippen LogP contribution >= 0.6 is 57.2 Å². The quantitative estimate of drug-likeness (QED) is 0.0639. The molecule has 564 valence electrons. The van der Waals surface area contributed by atoms with Gasteiger partial charge in [-0.15, -0.1) is 34.0 Å². The molecule has 3 aliphatic rings. The Kier molecular flexibility index (Phi) is 23.7. The maximum atomic E-state index is 14.0. The lowest BCUT2D eigenvalue weighted by Gasteiger charge is -2.41. The highest BCUT2D eigenvalue weighted by Gasteiger charge is 2.34. The Bertz CT molecular complexity index is 5260. The summed E-state index contributed by atoms with van der Waals surface area (Å²) in [4.78, 5) is 68.1. The number of ether oxygens (including phenoxy) is 2. The zero-order valence-electron chi connectivity index (χ0n) is 57.8. The van der Waals surface area contributed by atoms with Crippen molar-refractivity contribution in [2.45, 2.75) is 73.2 Å². The van der Waals surface area contributed by atoms with E-state index in [4.69, 9.17) is 32.7 Å². The van der Waals surface area contributed by atoms with Crippen molar-refractivity contribution in [3.63, 3.8) is 0 Å². The molecule has 5 aromatic carbocycles. The van der Waals surface area contributed by atoms with E-state index in [9.17, 15) is 44.0 Å². The van der Waals surface area contributed by atoms with Crippen molar-refractivity contribution in [3.8, 4) is 11.5 Å². The molecule has 35 heteroatoms. The summed E-state index contributed by atoms with van der Waals surface area (Å²) in [5.41, 5.74) is 4.13. The Morgan fingerprint density at radius 2 is 1.08 bits per heavy atom. The average molecular weight is 1600 g/mol. The van der Waals surface area contributed by atoms with Crippen LogP contribution in [0.3, 0.4) is 0 Å². The molecule has 0 radical (unpaired) electrons. The number of benzene rings is 5. The fraction of sp³-hybridized carbons (Fsp3) is 0.282. The van der Waals surface area contributed by atoms with Gasteiger partial charge in [-0.25, -0.2) is 49.6 Å². The van der Waals surface area contributed by atoms with Gasteiger partial charge in [0.05, 0.1) is 38.5 Å². The Morgan fingerprint density at radius 3 is 1.58 bits per heavy atom. The number of thiazole rings is 3. The number of hydrogen-bond donors (Lipinski definition) is 3. The largest absolute Gasteiger partial charge is 0.495 e. The summed E-state index contributed by atoms with van der Waals surface area (Å²) < 4.78 is 112. The minimum atomic E-state index is -3.71. The maximum absolute atomic E-state index is 14.0. The van der Waals surface area contributed by atoms with Gasteiger partial charge in [0.25, 0.3) is 36.0 Å². The Labute approximate surface area is 640 Å². The average Bonchev–Trinajstić information content (AvgIpc) is 1.47. The standard InChI is InChI=1S/C24H24FN5O3S2.C24H26N6O4S2.C23H24Cl2N4O4S2.4H2/c1-17(30-11-9-20-21(25)3-2-4-22(20)30)23(31)29-14-12-28(13-15-29)18-5-7-19(8-6-18)35(32,33)27-24-26-10-16-34-24;1-17-15-28(19-3-5-21(6-4-19)36(32,33)27-24-25-8-12-35-24)10-11-30(17)22(31)16-29-9-7-18-13-20(34-2)14-26-23(18)29;1-15-14-28(17-6-8-18(9-7-17)35(31,32)27-23-26-10-13-34-23)11-12-29(15)22(30)16(2)33-20-5-3-4-19(24)21(20)25;;;;/h2-11,16-17H,12-15H2,1H3,(H,26,27);3-9,12-14,17H,10-11,15-16H2,1-2H3,(H,25,27);3-10,13,15-16H,11-12,14H2,1-2H3,(H,26,27);4*1H/t17-;;15-,16?;;;;/m0.1..../s1. The Morgan fingerprint density at radius 1 is 0.594 bits per heavy atom.